The Balaban J connectivity index is 1.29. The number of carboxylic acid groups (broad SMARTS) is 1. The van der Waals surface area contributed by atoms with E-state index in [1.54, 1.807) is 0 Å². The van der Waals surface area contributed by atoms with Gasteiger partial charge in [-0.05, 0) is 159 Å². The van der Waals surface area contributed by atoms with Crippen molar-refractivity contribution < 1.29 is 14.7 Å². The van der Waals surface area contributed by atoms with E-state index in [2.05, 4.69) is 84.9 Å². The van der Waals surface area contributed by atoms with Crippen LogP contribution in [0.15, 0.2) is 24.3 Å². The summed E-state index contributed by atoms with van der Waals surface area (Å²) in [4.78, 5) is 27.1. The first-order valence-corrected chi connectivity index (χ1v) is 18.8. The minimum absolute atomic E-state index is 0.0248. The highest BCUT2D eigenvalue weighted by Crippen LogP contribution is 2.77. The summed E-state index contributed by atoms with van der Waals surface area (Å²) in [6.45, 7) is 18.9. The zero-order valence-corrected chi connectivity index (χ0v) is 30.5. The molecular weight excluding hydrogens is 568 g/mol. The van der Waals surface area contributed by atoms with E-state index in [9.17, 15) is 14.7 Å². The zero-order chi connectivity index (χ0) is 33.4. The van der Waals surface area contributed by atoms with E-state index in [-0.39, 0.29) is 22.3 Å². The maximum Gasteiger partial charge on any atom is 0.335 e. The number of amides is 1. The van der Waals surface area contributed by atoms with Gasteiger partial charge in [-0.25, -0.2) is 4.79 Å². The van der Waals surface area contributed by atoms with E-state index in [0.717, 1.165) is 25.3 Å². The summed E-state index contributed by atoms with van der Waals surface area (Å²) < 4.78 is 0. The first-order valence-electron chi connectivity index (χ1n) is 18.8. The number of fused-ring (bicyclic) bond motifs is 7. The lowest BCUT2D eigenvalue weighted by Gasteiger charge is -2.73. The highest BCUT2D eigenvalue weighted by atomic mass is 16.4. The van der Waals surface area contributed by atoms with Gasteiger partial charge in [0.2, 0.25) is 5.91 Å². The van der Waals surface area contributed by atoms with Crippen LogP contribution in [0.25, 0.3) is 0 Å². The summed E-state index contributed by atoms with van der Waals surface area (Å²) in [6, 6.07) is 7.81. The minimum atomic E-state index is -0.846. The van der Waals surface area contributed by atoms with Crippen LogP contribution >= 0.6 is 0 Å². The molecule has 5 heteroatoms. The summed E-state index contributed by atoms with van der Waals surface area (Å²) in [6.07, 6.45) is 13.1. The molecule has 5 aliphatic rings. The fourth-order valence-electron chi connectivity index (χ4n) is 13.7. The molecule has 0 aromatic heterocycles. The number of nitrogens with one attached hydrogen (secondary N) is 1. The third kappa shape index (κ3) is 5.02. The second kappa shape index (κ2) is 11.6. The SMILES string of the molecule is CC(C)[C@@H]1CC[C@]2(NC(=O)CCN(C)C)CC[C@]3(C)[C@H](CC[C@@H]4[C@@]5(C)CC[C@@H](c6ccc(C(=O)O)cc6)C(C)(C)[C@@H]5CC[C@]43C)[C@@H]12. The lowest BCUT2D eigenvalue weighted by molar-refractivity contribution is -0.235. The smallest absolute Gasteiger partial charge is 0.335 e. The third-order valence-electron chi connectivity index (χ3n) is 16.1. The Morgan fingerprint density at radius 3 is 2.17 bits per heavy atom. The van der Waals surface area contributed by atoms with Gasteiger partial charge in [0.1, 0.15) is 0 Å². The molecule has 0 radical (unpaired) electrons. The zero-order valence-electron chi connectivity index (χ0n) is 30.5. The summed E-state index contributed by atoms with van der Waals surface area (Å²) in [7, 11) is 4.12. The number of aromatic carboxylic acids is 1. The van der Waals surface area contributed by atoms with E-state index >= 15 is 0 Å². The second-order valence-corrected chi connectivity index (χ2v) is 18.7. The number of rotatable bonds is 7. The Morgan fingerprint density at radius 2 is 1.54 bits per heavy atom. The molecule has 2 N–H and O–H groups in total. The summed E-state index contributed by atoms with van der Waals surface area (Å²) in [5.41, 5.74) is 2.73. The van der Waals surface area contributed by atoms with Gasteiger partial charge in [-0.3, -0.25) is 4.79 Å². The van der Waals surface area contributed by atoms with Crippen LogP contribution in [0.4, 0.5) is 0 Å². The van der Waals surface area contributed by atoms with Crippen molar-refractivity contribution in [2.24, 2.45) is 57.2 Å². The topological polar surface area (TPSA) is 69.6 Å². The van der Waals surface area contributed by atoms with Crippen LogP contribution in [0, 0.1) is 57.2 Å². The molecule has 0 heterocycles. The number of carboxylic acids is 1. The largest absolute Gasteiger partial charge is 0.478 e. The van der Waals surface area contributed by atoms with Crippen molar-refractivity contribution >= 4 is 11.9 Å². The Morgan fingerprint density at radius 1 is 0.848 bits per heavy atom. The molecule has 0 bridgehead atoms. The van der Waals surface area contributed by atoms with Gasteiger partial charge < -0.3 is 15.3 Å². The number of nitrogens with zero attached hydrogens (tertiary/aromatic N) is 1. The predicted molar refractivity (Wildman–Crippen MR) is 187 cm³/mol. The van der Waals surface area contributed by atoms with Gasteiger partial charge >= 0.3 is 5.97 Å². The molecule has 46 heavy (non-hydrogen) atoms. The number of carbonyl (C=O) groups excluding carboxylic acids is 1. The molecule has 0 saturated heterocycles. The summed E-state index contributed by atoms with van der Waals surface area (Å²) >= 11 is 0. The van der Waals surface area contributed by atoms with Crippen LogP contribution in [-0.2, 0) is 4.79 Å². The monoisotopic (exact) mass is 632 g/mol. The van der Waals surface area contributed by atoms with Gasteiger partial charge in [0.05, 0.1) is 5.56 Å². The molecule has 5 aliphatic carbocycles. The van der Waals surface area contributed by atoms with E-state index in [1.165, 1.54) is 56.9 Å². The van der Waals surface area contributed by atoms with Crippen LogP contribution in [0.5, 0.6) is 0 Å². The van der Waals surface area contributed by atoms with Gasteiger partial charge in [-0.2, -0.15) is 0 Å². The highest BCUT2D eigenvalue weighted by molar-refractivity contribution is 5.87. The standard InChI is InChI=1S/C41H64N2O3/c1-26(2)29-16-22-41(42-34(44)19-25-43(8)9)24-23-39(6)31(35(29)41)14-15-33-38(5)20-17-30(27-10-12-28(13-11-27)36(45)46)37(3,4)32(38)18-21-40(33,39)7/h10-13,26,29-33,35H,14-25H2,1-9H3,(H,42,44)(H,45,46)/t29-,30-,31+,32-,33+,35+,38-,39+,40+,41-/m0/s1. The van der Waals surface area contributed by atoms with Gasteiger partial charge in [-0.15, -0.1) is 0 Å². The average molecular weight is 633 g/mol. The molecule has 10 atom stereocenters. The lowest BCUT2D eigenvalue weighted by Crippen LogP contribution is -2.68. The number of hydrogen-bond acceptors (Lipinski definition) is 3. The van der Waals surface area contributed by atoms with E-state index in [4.69, 9.17) is 0 Å². The van der Waals surface area contributed by atoms with Crippen LogP contribution in [0.1, 0.15) is 141 Å². The molecule has 5 nitrogen and oxygen atoms in total. The first-order chi connectivity index (χ1) is 21.5. The molecule has 1 aromatic carbocycles. The van der Waals surface area contributed by atoms with Crippen molar-refractivity contribution in [2.45, 2.75) is 131 Å². The molecule has 1 amide bonds. The van der Waals surface area contributed by atoms with Crippen molar-refractivity contribution in [3.05, 3.63) is 35.4 Å². The van der Waals surface area contributed by atoms with Crippen molar-refractivity contribution in [1.82, 2.24) is 10.2 Å². The minimum Gasteiger partial charge on any atom is -0.478 e. The molecule has 0 aliphatic heterocycles. The van der Waals surface area contributed by atoms with Crippen LogP contribution in [-0.4, -0.2) is 48.1 Å². The fourth-order valence-corrected chi connectivity index (χ4v) is 13.7. The van der Waals surface area contributed by atoms with Crippen LogP contribution in [0.2, 0.25) is 0 Å². The molecular formula is C41H64N2O3. The van der Waals surface area contributed by atoms with Crippen LogP contribution in [0.3, 0.4) is 0 Å². The van der Waals surface area contributed by atoms with Crippen molar-refractivity contribution in [1.29, 1.82) is 0 Å². The van der Waals surface area contributed by atoms with Gasteiger partial charge in [-0.1, -0.05) is 60.6 Å². The summed E-state index contributed by atoms with van der Waals surface area (Å²) in [5.74, 6) is 3.84. The molecule has 6 rings (SSSR count). The molecule has 5 saturated carbocycles. The van der Waals surface area contributed by atoms with Crippen molar-refractivity contribution in [3.63, 3.8) is 0 Å². The lowest BCUT2D eigenvalue weighted by atomic mass is 9.32. The quantitative estimate of drug-likeness (QED) is 0.315. The molecule has 256 valence electrons. The van der Waals surface area contributed by atoms with Gasteiger partial charge in [0, 0.05) is 18.5 Å². The molecule has 5 fully saturated rings. The Kier molecular flexibility index (Phi) is 8.59. The number of carbonyl (C=O) groups is 2. The normalized spacial score (nSPS) is 42.9. The van der Waals surface area contributed by atoms with E-state index in [1.807, 2.05) is 12.1 Å². The Hall–Kier alpha value is -1.88. The maximum atomic E-state index is 13.4. The van der Waals surface area contributed by atoms with Gasteiger partial charge in [0.15, 0.2) is 0 Å². The van der Waals surface area contributed by atoms with E-state index in [0.29, 0.717) is 58.3 Å². The Bertz CT molecular complexity index is 1320. The first kappa shape index (κ1) is 34.0. The van der Waals surface area contributed by atoms with Crippen LogP contribution < -0.4 is 5.32 Å². The Labute approximate surface area is 280 Å². The molecule has 1 aromatic rings. The second-order valence-electron chi connectivity index (χ2n) is 18.7. The number of benzene rings is 1. The highest BCUT2D eigenvalue weighted by Gasteiger charge is 2.71. The third-order valence-corrected chi connectivity index (χ3v) is 16.1. The average Bonchev–Trinajstić information content (AvgIpc) is 3.36. The number of hydrogen-bond donors (Lipinski definition) is 2. The fraction of sp³-hybridized carbons (Fsp3) is 0.805. The van der Waals surface area contributed by atoms with Crippen molar-refractivity contribution in [2.75, 3.05) is 20.6 Å². The van der Waals surface area contributed by atoms with Crippen molar-refractivity contribution in [3.8, 4) is 0 Å². The molecule has 0 spiro atoms. The molecule has 0 unspecified atom stereocenters. The summed E-state index contributed by atoms with van der Waals surface area (Å²) in [5, 5.41) is 13.2. The van der Waals surface area contributed by atoms with Gasteiger partial charge in [0.25, 0.3) is 0 Å². The van der Waals surface area contributed by atoms with E-state index < -0.39 is 5.97 Å². The predicted octanol–water partition coefficient (Wildman–Crippen LogP) is 9.03. The maximum absolute atomic E-state index is 13.4.